The van der Waals surface area contributed by atoms with Crippen LogP contribution in [-0.4, -0.2) is 19.1 Å². The van der Waals surface area contributed by atoms with Crippen molar-refractivity contribution in [2.75, 3.05) is 7.11 Å². The highest BCUT2D eigenvalue weighted by molar-refractivity contribution is 5.73. The molecule has 0 radical (unpaired) electrons. The number of hydrogen-bond acceptors (Lipinski definition) is 3. The van der Waals surface area contributed by atoms with Crippen LogP contribution in [0.25, 0.3) is 0 Å². The molecule has 2 unspecified atom stereocenters. The first-order chi connectivity index (χ1) is 5.97. The molecule has 13 heavy (non-hydrogen) atoms. The first kappa shape index (κ1) is 10.5. The van der Waals surface area contributed by atoms with Gasteiger partial charge in [-0.2, -0.15) is 0 Å². The molecule has 1 aliphatic rings. The molecule has 0 saturated heterocycles. The third-order valence-electron chi connectivity index (χ3n) is 3.04. The number of methoxy groups -OCH3 is 1. The Morgan fingerprint density at radius 1 is 1.46 bits per heavy atom. The summed E-state index contributed by atoms with van der Waals surface area (Å²) < 4.78 is 4.78. The lowest BCUT2D eigenvalue weighted by atomic mass is 9.67. The van der Waals surface area contributed by atoms with Gasteiger partial charge in [-0.15, -0.1) is 0 Å². The Morgan fingerprint density at radius 3 is 2.54 bits per heavy atom. The molecule has 76 valence electrons. The van der Waals surface area contributed by atoms with Gasteiger partial charge in [-0.05, 0) is 24.7 Å². The molecule has 0 heterocycles. The van der Waals surface area contributed by atoms with E-state index in [9.17, 15) is 4.79 Å². The number of carbonyl (C=O) groups is 1. The van der Waals surface area contributed by atoms with Crippen molar-refractivity contribution in [3.63, 3.8) is 0 Å². The zero-order valence-corrected chi connectivity index (χ0v) is 8.67. The summed E-state index contributed by atoms with van der Waals surface area (Å²) >= 11 is 0. The second kappa shape index (κ2) is 3.66. The monoisotopic (exact) mass is 185 g/mol. The van der Waals surface area contributed by atoms with Crippen LogP contribution in [0.4, 0.5) is 0 Å². The van der Waals surface area contributed by atoms with Gasteiger partial charge in [-0.3, -0.25) is 4.79 Å². The Bertz CT molecular complexity index is 201. The standard InChI is InChI=1S/C10H19NO2/c1-10(2)6-7(11)4-5-8(10)9(12)13-3/h7-8H,4-6,11H2,1-3H3. The average Bonchev–Trinajstić information content (AvgIpc) is 2.01. The Morgan fingerprint density at radius 2 is 2.08 bits per heavy atom. The second-order valence-electron chi connectivity index (χ2n) is 4.61. The van der Waals surface area contributed by atoms with Crippen molar-refractivity contribution >= 4 is 5.97 Å². The van der Waals surface area contributed by atoms with E-state index in [2.05, 4.69) is 13.8 Å². The molecule has 1 rings (SSSR count). The molecule has 1 saturated carbocycles. The van der Waals surface area contributed by atoms with Crippen molar-refractivity contribution in [3.05, 3.63) is 0 Å². The topological polar surface area (TPSA) is 52.3 Å². The fraction of sp³-hybridized carbons (Fsp3) is 0.900. The summed E-state index contributed by atoms with van der Waals surface area (Å²) in [6, 6.07) is 0.246. The Labute approximate surface area is 79.6 Å². The van der Waals surface area contributed by atoms with Gasteiger partial charge in [-0.1, -0.05) is 13.8 Å². The summed E-state index contributed by atoms with van der Waals surface area (Å²) in [6.07, 6.45) is 2.71. The maximum Gasteiger partial charge on any atom is 0.309 e. The number of carbonyl (C=O) groups excluding carboxylic acids is 1. The zero-order chi connectivity index (χ0) is 10.1. The maximum absolute atomic E-state index is 11.4. The molecule has 2 atom stereocenters. The van der Waals surface area contributed by atoms with Crippen molar-refractivity contribution in [3.8, 4) is 0 Å². The normalized spacial score (nSPS) is 32.6. The molecule has 0 aliphatic heterocycles. The summed E-state index contributed by atoms with van der Waals surface area (Å²) in [5.41, 5.74) is 5.85. The largest absolute Gasteiger partial charge is 0.469 e. The minimum absolute atomic E-state index is 0.00917. The molecule has 3 heteroatoms. The van der Waals surface area contributed by atoms with E-state index in [4.69, 9.17) is 10.5 Å². The predicted molar refractivity (Wildman–Crippen MR) is 51.1 cm³/mol. The first-order valence-electron chi connectivity index (χ1n) is 4.81. The van der Waals surface area contributed by atoms with Crippen LogP contribution in [-0.2, 0) is 9.53 Å². The molecule has 3 nitrogen and oxygen atoms in total. The molecular formula is C10H19NO2. The van der Waals surface area contributed by atoms with E-state index in [1.165, 1.54) is 7.11 Å². The lowest BCUT2D eigenvalue weighted by Crippen LogP contribution is -2.42. The van der Waals surface area contributed by atoms with Crippen LogP contribution in [0, 0.1) is 11.3 Å². The van der Waals surface area contributed by atoms with Crippen LogP contribution in [0.5, 0.6) is 0 Å². The molecular weight excluding hydrogens is 166 g/mol. The third-order valence-corrected chi connectivity index (χ3v) is 3.04. The highest BCUT2D eigenvalue weighted by atomic mass is 16.5. The van der Waals surface area contributed by atoms with Gasteiger partial charge in [0.05, 0.1) is 13.0 Å². The average molecular weight is 185 g/mol. The molecule has 0 amide bonds. The summed E-state index contributed by atoms with van der Waals surface area (Å²) in [4.78, 5) is 11.4. The quantitative estimate of drug-likeness (QED) is 0.627. The van der Waals surface area contributed by atoms with Crippen LogP contribution in [0.3, 0.4) is 0 Å². The number of ether oxygens (including phenoxy) is 1. The van der Waals surface area contributed by atoms with Crippen molar-refractivity contribution in [2.45, 2.75) is 39.2 Å². The van der Waals surface area contributed by atoms with E-state index >= 15 is 0 Å². The first-order valence-corrected chi connectivity index (χ1v) is 4.81. The summed E-state index contributed by atoms with van der Waals surface area (Å²) in [5, 5.41) is 0. The van der Waals surface area contributed by atoms with Gasteiger partial charge in [0.25, 0.3) is 0 Å². The van der Waals surface area contributed by atoms with Gasteiger partial charge < -0.3 is 10.5 Å². The van der Waals surface area contributed by atoms with E-state index in [1.807, 2.05) is 0 Å². The van der Waals surface area contributed by atoms with E-state index in [0.29, 0.717) is 0 Å². The van der Waals surface area contributed by atoms with Crippen molar-refractivity contribution in [1.82, 2.24) is 0 Å². The minimum atomic E-state index is -0.0862. The van der Waals surface area contributed by atoms with E-state index in [-0.39, 0.29) is 23.3 Å². The molecule has 0 aromatic rings. The van der Waals surface area contributed by atoms with Crippen LogP contribution in [0.1, 0.15) is 33.1 Å². The van der Waals surface area contributed by atoms with Crippen molar-refractivity contribution in [1.29, 1.82) is 0 Å². The number of rotatable bonds is 1. The van der Waals surface area contributed by atoms with Gasteiger partial charge in [0, 0.05) is 6.04 Å². The minimum Gasteiger partial charge on any atom is -0.469 e. The Hall–Kier alpha value is -0.570. The summed E-state index contributed by atoms with van der Waals surface area (Å²) in [5.74, 6) is -0.0609. The van der Waals surface area contributed by atoms with Crippen LogP contribution >= 0.6 is 0 Å². The molecule has 1 fully saturated rings. The highest BCUT2D eigenvalue weighted by Gasteiger charge is 2.40. The SMILES string of the molecule is COC(=O)C1CCC(N)CC1(C)C. The van der Waals surface area contributed by atoms with Crippen LogP contribution < -0.4 is 5.73 Å². The maximum atomic E-state index is 11.4. The van der Waals surface area contributed by atoms with Gasteiger partial charge in [0.1, 0.15) is 0 Å². The molecule has 0 aromatic heterocycles. The predicted octanol–water partition coefficient (Wildman–Crippen LogP) is 1.31. The van der Waals surface area contributed by atoms with Gasteiger partial charge in [0.15, 0.2) is 0 Å². The highest BCUT2D eigenvalue weighted by Crippen LogP contribution is 2.40. The fourth-order valence-electron chi connectivity index (χ4n) is 2.27. The third kappa shape index (κ3) is 2.21. The number of hydrogen-bond donors (Lipinski definition) is 1. The summed E-state index contributed by atoms with van der Waals surface area (Å²) in [7, 11) is 1.45. The summed E-state index contributed by atoms with van der Waals surface area (Å²) in [6.45, 7) is 4.18. The van der Waals surface area contributed by atoms with Crippen molar-refractivity contribution < 1.29 is 9.53 Å². The van der Waals surface area contributed by atoms with Crippen molar-refractivity contribution in [2.24, 2.45) is 17.1 Å². The van der Waals surface area contributed by atoms with Crippen LogP contribution in [0.2, 0.25) is 0 Å². The lowest BCUT2D eigenvalue weighted by molar-refractivity contribution is -0.151. The fourth-order valence-corrected chi connectivity index (χ4v) is 2.27. The number of nitrogens with two attached hydrogens (primary N) is 1. The smallest absolute Gasteiger partial charge is 0.309 e. The van der Waals surface area contributed by atoms with Gasteiger partial charge in [-0.25, -0.2) is 0 Å². The lowest BCUT2D eigenvalue weighted by Gasteiger charge is -2.39. The number of esters is 1. The van der Waals surface area contributed by atoms with Gasteiger partial charge in [0.2, 0.25) is 0 Å². The molecule has 0 bridgehead atoms. The molecule has 1 aliphatic carbocycles. The molecule has 0 aromatic carbocycles. The van der Waals surface area contributed by atoms with E-state index in [0.717, 1.165) is 19.3 Å². The molecule has 2 N–H and O–H groups in total. The Kier molecular flexibility index (Phi) is 2.96. The van der Waals surface area contributed by atoms with Gasteiger partial charge >= 0.3 is 5.97 Å². The zero-order valence-electron chi connectivity index (χ0n) is 8.67. The van der Waals surface area contributed by atoms with E-state index < -0.39 is 0 Å². The van der Waals surface area contributed by atoms with E-state index in [1.54, 1.807) is 0 Å². The Balaban J connectivity index is 2.69. The molecule has 0 spiro atoms. The second-order valence-corrected chi connectivity index (χ2v) is 4.61. The van der Waals surface area contributed by atoms with Crippen LogP contribution in [0.15, 0.2) is 0 Å².